The third-order valence-electron chi connectivity index (χ3n) is 5.30. The van der Waals surface area contributed by atoms with Gasteiger partial charge >= 0.3 is 6.03 Å². The number of urea groups is 1. The summed E-state index contributed by atoms with van der Waals surface area (Å²) in [7, 11) is 0. The Balaban J connectivity index is 1.56. The molecule has 2 aromatic carbocycles. The Kier molecular flexibility index (Phi) is 6.57. The number of amides is 3. The van der Waals surface area contributed by atoms with Crippen molar-refractivity contribution in [2.75, 3.05) is 23.7 Å². The normalized spacial score (nSPS) is 14.0. The maximum atomic E-state index is 12.5. The molecule has 0 bridgehead atoms. The Morgan fingerprint density at radius 3 is 2.07 bits per heavy atom. The van der Waals surface area contributed by atoms with Crippen LogP contribution < -0.4 is 10.6 Å². The third-order valence-corrected chi connectivity index (χ3v) is 5.30. The summed E-state index contributed by atoms with van der Waals surface area (Å²) in [5.74, 6) is -0.0623. The van der Waals surface area contributed by atoms with E-state index in [1.165, 1.54) is 5.56 Å². The number of nitrogens with zero attached hydrogens (tertiary/aromatic N) is 1. The topological polar surface area (TPSA) is 61.4 Å². The lowest BCUT2D eigenvalue weighted by molar-refractivity contribution is -0.116. The van der Waals surface area contributed by atoms with E-state index in [4.69, 9.17) is 0 Å². The number of hydrogen-bond donors (Lipinski definition) is 2. The second kappa shape index (κ2) is 9.12. The zero-order valence-electron chi connectivity index (χ0n) is 17.6. The molecule has 0 aromatic heterocycles. The minimum absolute atomic E-state index is 0.0623. The van der Waals surface area contributed by atoms with E-state index in [1.54, 1.807) is 4.90 Å². The fraction of sp³-hybridized carbons (Fsp3) is 0.417. The van der Waals surface area contributed by atoms with E-state index in [2.05, 4.69) is 55.7 Å². The number of carbonyl (C=O) groups excluding carboxylic acids is 2. The fourth-order valence-electron chi connectivity index (χ4n) is 3.46. The molecule has 0 radical (unpaired) electrons. The van der Waals surface area contributed by atoms with E-state index in [0.717, 1.165) is 31.5 Å². The van der Waals surface area contributed by atoms with Crippen molar-refractivity contribution >= 4 is 23.3 Å². The van der Waals surface area contributed by atoms with Crippen LogP contribution in [-0.4, -0.2) is 29.9 Å². The van der Waals surface area contributed by atoms with Gasteiger partial charge in [0.1, 0.15) is 0 Å². The highest BCUT2D eigenvalue weighted by Crippen LogP contribution is 2.24. The summed E-state index contributed by atoms with van der Waals surface area (Å²) in [6.07, 6.45) is 3.16. The highest BCUT2D eigenvalue weighted by molar-refractivity contribution is 5.99. The highest BCUT2D eigenvalue weighted by atomic mass is 16.2. The van der Waals surface area contributed by atoms with E-state index < -0.39 is 0 Å². The van der Waals surface area contributed by atoms with Crippen LogP contribution in [0, 0.1) is 0 Å². The van der Waals surface area contributed by atoms with Crippen LogP contribution in [0.25, 0.3) is 0 Å². The molecule has 2 aromatic rings. The molecule has 1 aliphatic rings. The molecule has 1 fully saturated rings. The van der Waals surface area contributed by atoms with Gasteiger partial charge in [0.2, 0.25) is 5.91 Å². The van der Waals surface area contributed by atoms with Crippen molar-refractivity contribution in [3.05, 3.63) is 59.7 Å². The maximum absolute atomic E-state index is 12.5. The Hall–Kier alpha value is -2.82. The van der Waals surface area contributed by atoms with Gasteiger partial charge in [-0.05, 0) is 47.9 Å². The molecule has 0 spiro atoms. The van der Waals surface area contributed by atoms with E-state index in [1.807, 2.05) is 24.3 Å². The second-order valence-corrected chi connectivity index (χ2v) is 8.66. The van der Waals surface area contributed by atoms with Gasteiger partial charge in [-0.2, -0.15) is 0 Å². The SMILES string of the molecule is CC(C)(C)c1ccc(CCC(=O)Nc2ccccc2NC(=O)N2CCCC2)cc1. The minimum Gasteiger partial charge on any atom is -0.325 e. The Labute approximate surface area is 173 Å². The zero-order chi connectivity index (χ0) is 20.9. The predicted molar refractivity (Wildman–Crippen MR) is 118 cm³/mol. The van der Waals surface area contributed by atoms with Crippen molar-refractivity contribution in [2.24, 2.45) is 0 Å². The van der Waals surface area contributed by atoms with Crippen molar-refractivity contribution in [3.8, 4) is 0 Å². The van der Waals surface area contributed by atoms with E-state index in [-0.39, 0.29) is 17.4 Å². The summed E-state index contributed by atoms with van der Waals surface area (Å²) in [5, 5.41) is 5.86. The molecule has 0 aliphatic carbocycles. The molecule has 0 unspecified atom stereocenters. The Morgan fingerprint density at radius 1 is 0.897 bits per heavy atom. The number of rotatable bonds is 5. The molecule has 0 saturated carbocycles. The van der Waals surface area contributed by atoms with Crippen molar-refractivity contribution in [3.63, 3.8) is 0 Å². The largest absolute Gasteiger partial charge is 0.325 e. The van der Waals surface area contributed by atoms with Crippen LogP contribution in [-0.2, 0) is 16.6 Å². The lowest BCUT2D eigenvalue weighted by Crippen LogP contribution is -2.32. The van der Waals surface area contributed by atoms with Crippen LogP contribution in [0.1, 0.15) is 51.2 Å². The minimum atomic E-state index is -0.108. The first-order chi connectivity index (χ1) is 13.8. The first-order valence-corrected chi connectivity index (χ1v) is 10.4. The summed E-state index contributed by atoms with van der Waals surface area (Å²) in [6, 6.07) is 15.7. The van der Waals surface area contributed by atoms with Gasteiger partial charge in [-0.3, -0.25) is 4.79 Å². The van der Waals surface area contributed by atoms with Crippen LogP contribution >= 0.6 is 0 Å². The highest BCUT2D eigenvalue weighted by Gasteiger charge is 2.19. The smallest absolute Gasteiger partial charge is 0.321 e. The molecule has 29 heavy (non-hydrogen) atoms. The number of hydrogen-bond acceptors (Lipinski definition) is 2. The molecule has 1 heterocycles. The predicted octanol–water partition coefficient (Wildman–Crippen LogP) is 5.18. The molecule has 1 aliphatic heterocycles. The average Bonchev–Trinajstić information content (AvgIpc) is 3.22. The van der Waals surface area contributed by atoms with Gasteiger partial charge in [-0.25, -0.2) is 4.79 Å². The van der Waals surface area contributed by atoms with E-state index >= 15 is 0 Å². The Bertz CT molecular complexity index is 847. The standard InChI is InChI=1S/C24H31N3O2/c1-24(2,3)19-13-10-18(11-14-19)12-15-22(28)25-20-8-4-5-9-21(20)26-23(29)27-16-6-7-17-27/h4-5,8-11,13-14H,6-7,12,15-17H2,1-3H3,(H,25,28)(H,26,29). The van der Waals surface area contributed by atoms with E-state index in [9.17, 15) is 9.59 Å². The summed E-state index contributed by atoms with van der Waals surface area (Å²) in [4.78, 5) is 26.6. The molecule has 0 atom stereocenters. The summed E-state index contributed by atoms with van der Waals surface area (Å²) < 4.78 is 0. The third kappa shape index (κ3) is 5.83. The van der Waals surface area contributed by atoms with Crippen molar-refractivity contribution in [2.45, 2.75) is 51.9 Å². The number of likely N-dealkylation sites (tertiary alicyclic amines) is 1. The molecule has 5 nitrogen and oxygen atoms in total. The van der Waals surface area contributed by atoms with Gasteiger partial charge in [0, 0.05) is 19.5 Å². The first-order valence-electron chi connectivity index (χ1n) is 10.4. The quantitative estimate of drug-likeness (QED) is 0.735. The number of para-hydroxylation sites is 2. The summed E-state index contributed by atoms with van der Waals surface area (Å²) in [5.41, 5.74) is 3.82. The number of nitrogens with one attached hydrogen (secondary N) is 2. The molecule has 154 valence electrons. The molecular formula is C24H31N3O2. The van der Waals surface area contributed by atoms with E-state index in [0.29, 0.717) is 24.2 Å². The fourth-order valence-corrected chi connectivity index (χ4v) is 3.46. The molecule has 3 amide bonds. The molecule has 2 N–H and O–H groups in total. The summed E-state index contributed by atoms with van der Waals surface area (Å²) in [6.45, 7) is 8.14. The van der Waals surface area contributed by atoms with Gasteiger partial charge in [-0.15, -0.1) is 0 Å². The number of benzene rings is 2. The molecular weight excluding hydrogens is 362 g/mol. The van der Waals surface area contributed by atoms with Gasteiger partial charge in [0.15, 0.2) is 0 Å². The van der Waals surface area contributed by atoms with Crippen LogP contribution in [0.15, 0.2) is 48.5 Å². The van der Waals surface area contributed by atoms with Gasteiger partial charge < -0.3 is 15.5 Å². The number of anilines is 2. The zero-order valence-corrected chi connectivity index (χ0v) is 17.6. The average molecular weight is 394 g/mol. The molecule has 5 heteroatoms. The van der Waals surface area contributed by atoms with Gasteiger partial charge in [0.05, 0.1) is 11.4 Å². The maximum Gasteiger partial charge on any atom is 0.321 e. The Morgan fingerprint density at radius 2 is 1.48 bits per heavy atom. The van der Waals surface area contributed by atoms with Crippen LogP contribution in [0.4, 0.5) is 16.2 Å². The van der Waals surface area contributed by atoms with Gasteiger partial charge in [0.25, 0.3) is 0 Å². The van der Waals surface area contributed by atoms with Crippen LogP contribution in [0.5, 0.6) is 0 Å². The van der Waals surface area contributed by atoms with Crippen LogP contribution in [0.2, 0.25) is 0 Å². The van der Waals surface area contributed by atoms with Crippen molar-refractivity contribution < 1.29 is 9.59 Å². The summed E-state index contributed by atoms with van der Waals surface area (Å²) >= 11 is 0. The van der Waals surface area contributed by atoms with Gasteiger partial charge in [-0.1, -0.05) is 57.2 Å². The lowest BCUT2D eigenvalue weighted by atomic mass is 9.86. The first kappa shape index (κ1) is 20.9. The number of aryl methyl sites for hydroxylation is 1. The lowest BCUT2D eigenvalue weighted by Gasteiger charge is -2.19. The molecule has 1 saturated heterocycles. The molecule has 3 rings (SSSR count). The second-order valence-electron chi connectivity index (χ2n) is 8.66. The van der Waals surface area contributed by atoms with Crippen LogP contribution in [0.3, 0.4) is 0 Å². The number of carbonyl (C=O) groups is 2. The monoisotopic (exact) mass is 393 g/mol. The van der Waals surface area contributed by atoms with Crippen molar-refractivity contribution in [1.82, 2.24) is 4.90 Å². The van der Waals surface area contributed by atoms with Crippen molar-refractivity contribution in [1.29, 1.82) is 0 Å².